The highest BCUT2D eigenvalue weighted by atomic mass is 19.1. The van der Waals surface area contributed by atoms with Crippen LogP contribution in [-0.2, 0) is 25.6 Å². The quantitative estimate of drug-likeness (QED) is 0.456. The third-order valence-electron chi connectivity index (χ3n) is 4.81. The lowest BCUT2D eigenvalue weighted by Gasteiger charge is -2.34. The smallest absolute Gasteiger partial charge is 0.348 e. The maximum atomic E-state index is 14.5. The van der Waals surface area contributed by atoms with Gasteiger partial charge in [-0.2, -0.15) is 0 Å². The van der Waals surface area contributed by atoms with E-state index in [-0.39, 0.29) is 11.4 Å². The average molecular weight is 376 g/mol. The summed E-state index contributed by atoms with van der Waals surface area (Å²) >= 11 is 0. The molecule has 0 saturated carbocycles. The van der Waals surface area contributed by atoms with Gasteiger partial charge in [-0.1, -0.05) is 19.1 Å². The first kappa shape index (κ1) is 19.5. The van der Waals surface area contributed by atoms with E-state index in [0.717, 1.165) is 32.7 Å². The zero-order valence-electron chi connectivity index (χ0n) is 16.0. The zero-order chi connectivity index (χ0) is 19.6. The second kappa shape index (κ2) is 7.78. The van der Waals surface area contributed by atoms with Crippen molar-refractivity contribution in [3.8, 4) is 0 Å². The number of likely N-dealkylation sites (N-methyl/N-ethyl adjacent to an activating group) is 1. The van der Waals surface area contributed by atoms with Gasteiger partial charge < -0.3 is 14.4 Å². The molecule has 1 aromatic rings. The highest BCUT2D eigenvalue weighted by molar-refractivity contribution is 6.18. The van der Waals surface area contributed by atoms with Crippen LogP contribution >= 0.6 is 0 Å². The molecule has 2 aliphatic rings. The van der Waals surface area contributed by atoms with E-state index < -0.39 is 17.7 Å². The van der Waals surface area contributed by atoms with Crippen LogP contribution in [0.25, 0.3) is 6.08 Å². The van der Waals surface area contributed by atoms with E-state index >= 15 is 0 Å². The van der Waals surface area contributed by atoms with Crippen molar-refractivity contribution < 1.29 is 23.5 Å². The van der Waals surface area contributed by atoms with E-state index in [1.807, 2.05) is 0 Å². The largest absolute Gasteiger partial charge is 0.419 e. The summed E-state index contributed by atoms with van der Waals surface area (Å²) < 4.78 is 24.6. The highest BCUT2D eigenvalue weighted by Gasteiger charge is 2.38. The molecule has 0 aliphatic carbocycles. The lowest BCUT2D eigenvalue weighted by atomic mass is 10.1. The van der Waals surface area contributed by atoms with Gasteiger partial charge in [0.2, 0.25) is 0 Å². The van der Waals surface area contributed by atoms with Gasteiger partial charge in [0.15, 0.2) is 0 Å². The summed E-state index contributed by atoms with van der Waals surface area (Å²) in [5.74, 6) is -3.19. The molecule has 0 radical (unpaired) electrons. The van der Waals surface area contributed by atoms with Crippen molar-refractivity contribution in [3.63, 3.8) is 0 Å². The zero-order valence-corrected chi connectivity index (χ0v) is 16.0. The minimum absolute atomic E-state index is 0.239. The van der Waals surface area contributed by atoms with Crippen molar-refractivity contribution in [2.24, 2.45) is 0 Å². The Hall–Kier alpha value is -2.25. The van der Waals surface area contributed by atoms with Gasteiger partial charge in [-0.05, 0) is 24.3 Å². The number of carbonyl (C=O) groups is 2. The molecule has 146 valence electrons. The Morgan fingerprint density at radius 2 is 1.67 bits per heavy atom. The minimum Gasteiger partial charge on any atom is -0.419 e. The van der Waals surface area contributed by atoms with Crippen LogP contribution in [0.15, 0.2) is 23.8 Å². The SMILES string of the molecule is CCN1CCN(Cc2ccc(C=C3C(=O)OC(C)(C)OC3=O)cc2F)CC1. The van der Waals surface area contributed by atoms with E-state index in [1.165, 1.54) is 26.0 Å². The lowest BCUT2D eigenvalue weighted by molar-refractivity contribution is -0.222. The van der Waals surface area contributed by atoms with Crippen molar-refractivity contribution in [2.75, 3.05) is 32.7 Å². The number of benzene rings is 1. The molecule has 7 heteroatoms. The number of piperazine rings is 1. The molecule has 0 bridgehead atoms. The second-order valence-electron chi connectivity index (χ2n) is 7.30. The number of cyclic esters (lactones) is 2. The van der Waals surface area contributed by atoms with Crippen LogP contribution in [0.5, 0.6) is 0 Å². The molecule has 2 aliphatic heterocycles. The summed E-state index contributed by atoms with van der Waals surface area (Å²) in [6.07, 6.45) is 1.30. The Bertz CT molecular complexity index is 745. The van der Waals surface area contributed by atoms with Crippen LogP contribution in [0.4, 0.5) is 4.39 Å². The first-order valence-corrected chi connectivity index (χ1v) is 9.19. The predicted molar refractivity (Wildman–Crippen MR) is 98.0 cm³/mol. The molecule has 0 unspecified atom stereocenters. The van der Waals surface area contributed by atoms with Crippen LogP contribution in [0.3, 0.4) is 0 Å². The monoisotopic (exact) mass is 376 g/mol. The van der Waals surface area contributed by atoms with Crippen LogP contribution in [0.1, 0.15) is 31.9 Å². The fraction of sp³-hybridized carbons (Fsp3) is 0.500. The molecule has 0 N–H and O–H groups in total. The number of rotatable bonds is 4. The van der Waals surface area contributed by atoms with Crippen molar-refractivity contribution in [1.29, 1.82) is 0 Å². The van der Waals surface area contributed by atoms with E-state index in [2.05, 4.69) is 16.7 Å². The second-order valence-corrected chi connectivity index (χ2v) is 7.30. The molecular weight excluding hydrogens is 351 g/mol. The molecule has 2 saturated heterocycles. The number of halogens is 1. The number of nitrogens with zero attached hydrogens (tertiary/aromatic N) is 2. The summed E-state index contributed by atoms with van der Waals surface area (Å²) in [5.41, 5.74) is 0.768. The van der Waals surface area contributed by atoms with E-state index in [4.69, 9.17) is 9.47 Å². The van der Waals surface area contributed by atoms with Gasteiger partial charge in [0.25, 0.3) is 5.79 Å². The summed E-state index contributed by atoms with van der Waals surface area (Å²) in [6.45, 7) is 10.5. The molecule has 0 spiro atoms. The van der Waals surface area contributed by atoms with Crippen molar-refractivity contribution in [3.05, 3.63) is 40.7 Å². The number of hydrogen-bond acceptors (Lipinski definition) is 6. The molecule has 1 aromatic carbocycles. The standard InChI is InChI=1S/C20H25FN2O4/c1-4-22-7-9-23(10-8-22)13-15-6-5-14(12-17(15)21)11-16-18(24)26-20(2,3)27-19(16)25/h5-6,11-12H,4,7-10,13H2,1-3H3. The van der Waals surface area contributed by atoms with Gasteiger partial charge in [-0.3, -0.25) is 4.90 Å². The van der Waals surface area contributed by atoms with E-state index in [9.17, 15) is 14.0 Å². The molecule has 2 heterocycles. The van der Waals surface area contributed by atoms with Crippen LogP contribution < -0.4 is 0 Å². The molecule has 3 rings (SSSR count). The lowest BCUT2D eigenvalue weighted by Crippen LogP contribution is -2.45. The minimum atomic E-state index is -1.29. The number of hydrogen-bond donors (Lipinski definition) is 0. The maximum absolute atomic E-state index is 14.5. The fourth-order valence-electron chi connectivity index (χ4n) is 3.23. The number of carbonyl (C=O) groups excluding carboxylic acids is 2. The van der Waals surface area contributed by atoms with Gasteiger partial charge in [0.1, 0.15) is 11.4 Å². The number of esters is 2. The molecule has 0 amide bonds. The van der Waals surface area contributed by atoms with Crippen LogP contribution in [0.2, 0.25) is 0 Å². The Balaban J connectivity index is 1.70. The van der Waals surface area contributed by atoms with Crippen LogP contribution in [-0.4, -0.2) is 60.2 Å². The first-order valence-electron chi connectivity index (χ1n) is 9.19. The summed E-state index contributed by atoms with van der Waals surface area (Å²) in [5, 5.41) is 0. The normalized spacial score (nSPS) is 21.0. The van der Waals surface area contributed by atoms with Gasteiger partial charge in [0, 0.05) is 52.1 Å². The Kier molecular flexibility index (Phi) is 5.62. The van der Waals surface area contributed by atoms with Crippen molar-refractivity contribution in [1.82, 2.24) is 9.80 Å². The maximum Gasteiger partial charge on any atom is 0.348 e. The van der Waals surface area contributed by atoms with Crippen molar-refractivity contribution >= 4 is 18.0 Å². The Morgan fingerprint density at radius 1 is 1.07 bits per heavy atom. The van der Waals surface area contributed by atoms with E-state index in [0.29, 0.717) is 17.7 Å². The molecule has 0 aromatic heterocycles. The molecule has 6 nitrogen and oxygen atoms in total. The van der Waals surface area contributed by atoms with E-state index in [1.54, 1.807) is 12.1 Å². The van der Waals surface area contributed by atoms with Gasteiger partial charge in [-0.25, -0.2) is 14.0 Å². The third kappa shape index (κ3) is 4.73. The molecule has 27 heavy (non-hydrogen) atoms. The van der Waals surface area contributed by atoms with Crippen LogP contribution in [0, 0.1) is 5.82 Å². The Morgan fingerprint density at radius 3 is 2.22 bits per heavy atom. The highest BCUT2D eigenvalue weighted by Crippen LogP contribution is 2.25. The summed E-state index contributed by atoms with van der Waals surface area (Å²) in [6, 6.07) is 4.70. The summed E-state index contributed by atoms with van der Waals surface area (Å²) in [4.78, 5) is 28.6. The number of ether oxygens (including phenoxy) is 2. The first-order chi connectivity index (χ1) is 12.8. The molecule has 2 fully saturated rings. The fourth-order valence-corrected chi connectivity index (χ4v) is 3.23. The van der Waals surface area contributed by atoms with Gasteiger partial charge in [0.05, 0.1) is 0 Å². The average Bonchev–Trinajstić information content (AvgIpc) is 2.60. The third-order valence-corrected chi connectivity index (χ3v) is 4.81. The van der Waals surface area contributed by atoms with Gasteiger partial charge >= 0.3 is 11.9 Å². The summed E-state index contributed by atoms with van der Waals surface area (Å²) in [7, 11) is 0. The van der Waals surface area contributed by atoms with Crippen molar-refractivity contribution in [2.45, 2.75) is 33.1 Å². The predicted octanol–water partition coefficient (Wildman–Crippen LogP) is 2.18. The molecule has 0 atom stereocenters. The van der Waals surface area contributed by atoms with Gasteiger partial charge in [-0.15, -0.1) is 0 Å². The topological polar surface area (TPSA) is 59.1 Å². The Labute approximate surface area is 158 Å². The molecular formula is C20H25FN2O4.